The second-order valence-corrected chi connectivity index (χ2v) is 2.48. The van der Waals surface area contributed by atoms with Crippen molar-refractivity contribution in [3.63, 3.8) is 0 Å². The molecule has 0 bridgehead atoms. The molecule has 0 saturated heterocycles. The number of pyridine rings is 1. The van der Waals surface area contributed by atoms with Crippen molar-refractivity contribution in [3.8, 4) is 5.88 Å². The van der Waals surface area contributed by atoms with Gasteiger partial charge in [0.05, 0.1) is 7.11 Å². The van der Waals surface area contributed by atoms with E-state index >= 15 is 0 Å². The van der Waals surface area contributed by atoms with E-state index in [9.17, 15) is 0 Å². The molecule has 0 spiro atoms. The maximum absolute atomic E-state index is 5.68. The molecule has 0 saturated carbocycles. The lowest BCUT2D eigenvalue weighted by Gasteiger charge is -2.08. The predicted octanol–water partition coefficient (Wildman–Crippen LogP) is 0.470. The minimum Gasteiger partial charge on any atom is -0.481 e. The highest BCUT2D eigenvalue weighted by Crippen LogP contribution is 2.11. The molecule has 0 amide bonds. The molecule has 0 radical (unpaired) electrons. The van der Waals surface area contributed by atoms with Gasteiger partial charge in [-0.3, -0.25) is 0 Å². The fraction of sp³-hybridized carbons (Fsp3) is 0.375. The van der Waals surface area contributed by atoms with Crippen LogP contribution in [0.5, 0.6) is 5.88 Å². The number of ether oxygens (including phenoxy) is 1. The minimum absolute atomic E-state index is 0. The van der Waals surface area contributed by atoms with Crippen LogP contribution in [0.25, 0.3) is 0 Å². The standard InChI is InChI=1S/C8H13N3O.ClH/c1-12-8-3-2-6(5-11-8)7(10)4-9;/h2-3,5,7H,4,9-10H2,1H3;1H/t7-;/m0./s1. The Hall–Kier alpha value is -0.840. The average molecular weight is 204 g/mol. The van der Waals surface area contributed by atoms with Crippen molar-refractivity contribution < 1.29 is 4.74 Å². The Labute approximate surface area is 83.7 Å². The summed E-state index contributed by atoms with van der Waals surface area (Å²) >= 11 is 0. The summed E-state index contributed by atoms with van der Waals surface area (Å²) in [5.41, 5.74) is 12.0. The van der Waals surface area contributed by atoms with Gasteiger partial charge in [-0.05, 0) is 5.56 Å². The topological polar surface area (TPSA) is 74.2 Å². The van der Waals surface area contributed by atoms with Gasteiger partial charge in [0.1, 0.15) is 0 Å². The number of methoxy groups -OCH3 is 1. The summed E-state index contributed by atoms with van der Waals surface area (Å²) < 4.78 is 4.90. The van der Waals surface area contributed by atoms with Crippen molar-refractivity contribution in [2.75, 3.05) is 13.7 Å². The Morgan fingerprint density at radius 2 is 2.23 bits per heavy atom. The Balaban J connectivity index is 0.00000144. The van der Waals surface area contributed by atoms with Gasteiger partial charge in [-0.25, -0.2) is 4.98 Å². The molecule has 1 heterocycles. The van der Waals surface area contributed by atoms with Crippen LogP contribution in [0.2, 0.25) is 0 Å². The largest absolute Gasteiger partial charge is 0.481 e. The molecular weight excluding hydrogens is 190 g/mol. The van der Waals surface area contributed by atoms with E-state index in [-0.39, 0.29) is 18.4 Å². The van der Waals surface area contributed by atoms with Crippen molar-refractivity contribution in [2.24, 2.45) is 11.5 Å². The van der Waals surface area contributed by atoms with Gasteiger partial charge in [0.25, 0.3) is 0 Å². The highest BCUT2D eigenvalue weighted by Gasteiger charge is 2.03. The van der Waals surface area contributed by atoms with Gasteiger partial charge in [-0.2, -0.15) is 0 Å². The summed E-state index contributed by atoms with van der Waals surface area (Å²) in [7, 11) is 1.57. The summed E-state index contributed by atoms with van der Waals surface area (Å²) in [6, 6.07) is 3.50. The summed E-state index contributed by atoms with van der Waals surface area (Å²) in [6.07, 6.45) is 1.68. The molecule has 5 heteroatoms. The number of rotatable bonds is 3. The van der Waals surface area contributed by atoms with Crippen LogP contribution in [-0.4, -0.2) is 18.6 Å². The molecule has 4 nitrogen and oxygen atoms in total. The van der Waals surface area contributed by atoms with E-state index in [1.165, 1.54) is 0 Å². The average Bonchev–Trinajstić information content (AvgIpc) is 2.17. The first-order valence-electron chi connectivity index (χ1n) is 3.73. The summed E-state index contributed by atoms with van der Waals surface area (Å²) in [6.45, 7) is 0.425. The fourth-order valence-corrected chi connectivity index (χ4v) is 0.868. The first-order chi connectivity index (χ1) is 5.77. The highest BCUT2D eigenvalue weighted by molar-refractivity contribution is 5.85. The third kappa shape index (κ3) is 3.18. The molecule has 0 fully saturated rings. The second-order valence-electron chi connectivity index (χ2n) is 2.48. The predicted molar refractivity (Wildman–Crippen MR) is 54.0 cm³/mol. The van der Waals surface area contributed by atoms with E-state index in [4.69, 9.17) is 16.2 Å². The highest BCUT2D eigenvalue weighted by atomic mass is 35.5. The van der Waals surface area contributed by atoms with Crippen molar-refractivity contribution in [1.29, 1.82) is 0 Å². The Kier molecular flexibility index (Phi) is 5.37. The lowest BCUT2D eigenvalue weighted by atomic mass is 10.1. The molecule has 74 valence electrons. The Morgan fingerprint density at radius 1 is 1.54 bits per heavy atom. The fourth-order valence-electron chi connectivity index (χ4n) is 0.868. The molecule has 4 N–H and O–H groups in total. The summed E-state index contributed by atoms with van der Waals surface area (Å²) in [5, 5.41) is 0. The lowest BCUT2D eigenvalue weighted by molar-refractivity contribution is 0.397. The first-order valence-corrected chi connectivity index (χ1v) is 3.73. The van der Waals surface area contributed by atoms with Gasteiger partial charge in [0.2, 0.25) is 5.88 Å². The smallest absolute Gasteiger partial charge is 0.212 e. The van der Waals surface area contributed by atoms with Crippen molar-refractivity contribution in [2.45, 2.75) is 6.04 Å². The number of aromatic nitrogens is 1. The van der Waals surface area contributed by atoms with E-state index in [0.717, 1.165) is 5.56 Å². The maximum Gasteiger partial charge on any atom is 0.212 e. The van der Waals surface area contributed by atoms with E-state index < -0.39 is 0 Å². The zero-order valence-corrected chi connectivity index (χ0v) is 8.25. The number of nitrogens with two attached hydrogens (primary N) is 2. The zero-order valence-electron chi connectivity index (χ0n) is 7.43. The van der Waals surface area contributed by atoms with Crippen LogP contribution in [0, 0.1) is 0 Å². The van der Waals surface area contributed by atoms with E-state index in [1.54, 1.807) is 19.4 Å². The molecule has 1 aromatic rings. The van der Waals surface area contributed by atoms with Crippen molar-refractivity contribution in [1.82, 2.24) is 4.98 Å². The third-order valence-electron chi connectivity index (χ3n) is 1.65. The normalized spacial score (nSPS) is 11.6. The number of nitrogens with zero attached hydrogens (tertiary/aromatic N) is 1. The third-order valence-corrected chi connectivity index (χ3v) is 1.65. The molecule has 1 atom stereocenters. The maximum atomic E-state index is 5.68. The van der Waals surface area contributed by atoms with E-state index in [1.807, 2.05) is 6.07 Å². The Bertz CT molecular complexity index is 240. The van der Waals surface area contributed by atoms with Crippen LogP contribution in [0.4, 0.5) is 0 Å². The van der Waals surface area contributed by atoms with Crippen LogP contribution >= 0.6 is 12.4 Å². The van der Waals surface area contributed by atoms with Crippen molar-refractivity contribution >= 4 is 12.4 Å². The first kappa shape index (κ1) is 12.2. The molecule has 0 aliphatic heterocycles. The molecule has 13 heavy (non-hydrogen) atoms. The SMILES string of the molecule is COc1ccc([C@@H](N)CN)cn1.Cl. The molecule has 0 unspecified atom stereocenters. The van der Waals surface area contributed by atoms with Gasteiger partial charge in [-0.1, -0.05) is 6.07 Å². The van der Waals surface area contributed by atoms with Gasteiger partial charge in [-0.15, -0.1) is 12.4 Å². The van der Waals surface area contributed by atoms with Gasteiger partial charge >= 0.3 is 0 Å². The van der Waals surface area contributed by atoms with Crippen LogP contribution < -0.4 is 16.2 Å². The molecule has 0 aliphatic carbocycles. The lowest BCUT2D eigenvalue weighted by Crippen LogP contribution is -2.20. The molecule has 1 aromatic heterocycles. The summed E-state index contributed by atoms with van der Waals surface area (Å²) in [4.78, 5) is 4.01. The molecule has 0 aromatic carbocycles. The number of hydrogen-bond acceptors (Lipinski definition) is 4. The van der Waals surface area contributed by atoms with Crippen LogP contribution in [0.1, 0.15) is 11.6 Å². The molecule has 0 aliphatic rings. The number of halogens is 1. The van der Waals surface area contributed by atoms with Gasteiger partial charge in [0.15, 0.2) is 0 Å². The van der Waals surface area contributed by atoms with E-state index in [2.05, 4.69) is 4.98 Å². The summed E-state index contributed by atoms with van der Waals surface area (Å²) in [5.74, 6) is 0.586. The van der Waals surface area contributed by atoms with Gasteiger partial charge < -0.3 is 16.2 Å². The number of hydrogen-bond donors (Lipinski definition) is 2. The second kappa shape index (κ2) is 5.75. The Morgan fingerprint density at radius 3 is 2.62 bits per heavy atom. The van der Waals surface area contributed by atoms with E-state index in [0.29, 0.717) is 12.4 Å². The minimum atomic E-state index is -0.136. The van der Waals surface area contributed by atoms with Crippen LogP contribution in [0.3, 0.4) is 0 Å². The molecule has 1 rings (SSSR count). The van der Waals surface area contributed by atoms with Crippen LogP contribution in [0.15, 0.2) is 18.3 Å². The quantitative estimate of drug-likeness (QED) is 0.749. The van der Waals surface area contributed by atoms with Crippen molar-refractivity contribution in [3.05, 3.63) is 23.9 Å². The monoisotopic (exact) mass is 203 g/mol. The molecular formula is C8H14ClN3O. The van der Waals surface area contributed by atoms with Gasteiger partial charge in [0, 0.05) is 24.8 Å². The zero-order chi connectivity index (χ0) is 8.97. The van der Waals surface area contributed by atoms with Crippen LogP contribution in [-0.2, 0) is 0 Å².